The van der Waals surface area contributed by atoms with Crippen molar-refractivity contribution in [2.24, 2.45) is 11.8 Å². The lowest BCUT2D eigenvalue weighted by Crippen LogP contribution is -2.34. The van der Waals surface area contributed by atoms with Crippen LogP contribution in [0, 0.1) is 11.8 Å². The molecule has 4 nitrogen and oxygen atoms in total. The lowest BCUT2D eigenvalue weighted by Gasteiger charge is -2.30. The Balaban J connectivity index is 2.21. The summed E-state index contributed by atoms with van der Waals surface area (Å²) in [7, 11) is 0. The highest BCUT2D eigenvalue weighted by atomic mass is 16.6. The van der Waals surface area contributed by atoms with E-state index < -0.39 is 11.6 Å². The summed E-state index contributed by atoms with van der Waals surface area (Å²) in [5, 5.41) is 9.02. The van der Waals surface area contributed by atoms with Crippen LogP contribution in [0.1, 0.15) is 97.8 Å². The Morgan fingerprint density at radius 1 is 0.917 bits per heavy atom. The van der Waals surface area contributed by atoms with Crippen LogP contribution in [0.5, 0.6) is 0 Å². The van der Waals surface area contributed by atoms with Crippen molar-refractivity contribution in [3.05, 3.63) is 0 Å². The second-order valence-electron chi connectivity index (χ2n) is 7.94. The molecule has 0 aliphatic heterocycles. The molecule has 1 aliphatic carbocycles. The average Bonchev–Trinajstić information content (AvgIpc) is 2.53. The number of carbonyl (C=O) groups excluding carboxylic acids is 1. The first-order valence-corrected chi connectivity index (χ1v) is 9.81. The largest absolute Gasteiger partial charge is 0.481 e. The van der Waals surface area contributed by atoms with Crippen LogP contribution in [0.25, 0.3) is 0 Å². The van der Waals surface area contributed by atoms with E-state index in [1.165, 1.54) is 38.5 Å². The molecule has 0 radical (unpaired) electrons. The molecule has 4 heteroatoms. The highest BCUT2D eigenvalue weighted by Gasteiger charge is 2.33. The Bertz CT molecular complexity index is 381. The minimum absolute atomic E-state index is 0.117. The third kappa shape index (κ3) is 8.16. The lowest BCUT2D eigenvalue weighted by molar-refractivity contribution is -0.165. The number of rotatable bonds is 11. The maximum Gasteiger partial charge on any atom is 0.309 e. The molecule has 0 aromatic rings. The fraction of sp³-hybridized carbons (Fsp3) is 0.900. The van der Waals surface area contributed by atoms with Gasteiger partial charge >= 0.3 is 11.9 Å². The molecule has 0 saturated heterocycles. The van der Waals surface area contributed by atoms with Gasteiger partial charge in [-0.05, 0) is 52.4 Å². The van der Waals surface area contributed by atoms with Crippen molar-refractivity contribution < 1.29 is 19.4 Å². The summed E-state index contributed by atoms with van der Waals surface area (Å²) in [5.41, 5.74) is -0.413. The van der Waals surface area contributed by atoms with Crippen LogP contribution in [0.2, 0.25) is 0 Å². The second-order valence-corrected chi connectivity index (χ2v) is 7.94. The van der Waals surface area contributed by atoms with Crippen LogP contribution in [-0.2, 0) is 14.3 Å². The summed E-state index contributed by atoms with van der Waals surface area (Å²) in [6, 6.07) is 0. The van der Waals surface area contributed by atoms with E-state index in [0.717, 1.165) is 12.8 Å². The Morgan fingerprint density at radius 2 is 1.42 bits per heavy atom. The van der Waals surface area contributed by atoms with Crippen molar-refractivity contribution in [1.82, 2.24) is 0 Å². The zero-order chi connectivity index (χ0) is 18.0. The monoisotopic (exact) mass is 340 g/mol. The predicted molar refractivity (Wildman–Crippen MR) is 95.9 cm³/mol. The molecule has 0 unspecified atom stereocenters. The molecule has 0 heterocycles. The van der Waals surface area contributed by atoms with E-state index in [1.54, 1.807) is 0 Å². The minimum Gasteiger partial charge on any atom is -0.481 e. The number of esters is 1. The van der Waals surface area contributed by atoms with Gasteiger partial charge in [-0.3, -0.25) is 9.59 Å². The van der Waals surface area contributed by atoms with Crippen molar-refractivity contribution in [2.45, 2.75) is 103 Å². The van der Waals surface area contributed by atoms with Crippen LogP contribution in [0.15, 0.2) is 0 Å². The molecule has 0 bridgehead atoms. The number of hydrogen-bond acceptors (Lipinski definition) is 3. The van der Waals surface area contributed by atoms with Gasteiger partial charge in [-0.25, -0.2) is 0 Å². The van der Waals surface area contributed by atoms with E-state index in [9.17, 15) is 9.59 Å². The van der Waals surface area contributed by atoms with Gasteiger partial charge < -0.3 is 9.84 Å². The SMILES string of the molecule is CCCCCCCCCC(C)(C)OC(=O)C1CCC(C(=O)O)CC1. The number of carboxylic acid groups (broad SMARTS) is 1. The van der Waals surface area contributed by atoms with Gasteiger partial charge in [0.1, 0.15) is 5.60 Å². The van der Waals surface area contributed by atoms with Crippen molar-refractivity contribution in [2.75, 3.05) is 0 Å². The summed E-state index contributed by atoms with van der Waals surface area (Å²) >= 11 is 0. The van der Waals surface area contributed by atoms with Gasteiger partial charge in [0.2, 0.25) is 0 Å². The highest BCUT2D eigenvalue weighted by molar-refractivity contribution is 5.74. The summed E-state index contributed by atoms with van der Waals surface area (Å²) in [5.74, 6) is -1.27. The molecule has 1 aliphatic rings. The molecule has 1 rings (SSSR count). The Kier molecular flexibility index (Phi) is 9.38. The Labute approximate surface area is 147 Å². The minimum atomic E-state index is -0.735. The first-order valence-electron chi connectivity index (χ1n) is 9.81. The molecule has 1 saturated carbocycles. The molecule has 0 aromatic heterocycles. The molecule has 24 heavy (non-hydrogen) atoms. The molecule has 0 atom stereocenters. The normalized spacial score (nSPS) is 21.5. The molecule has 1 N–H and O–H groups in total. The fourth-order valence-corrected chi connectivity index (χ4v) is 3.49. The summed E-state index contributed by atoms with van der Waals surface area (Å²) < 4.78 is 5.73. The summed E-state index contributed by atoms with van der Waals surface area (Å²) in [4.78, 5) is 23.3. The van der Waals surface area contributed by atoms with Gasteiger partial charge in [-0.2, -0.15) is 0 Å². The predicted octanol–water partition coefficient (Wildman–Crippen LogP) is 5.34. The molecule has 0 amide bonds. The van der Waals surface area contributed by atoms with E-state index in [2.05, 4.69) is 6.92 Å². The van der Waals surface area contributed by atoms with E-state index in [4.69, 9.17) is 9.84 Å². The second kappa shape index (κ2) is 10.7. The number of ether oxygens (including phenoxy) is 1. The van der Waals surface area contributed by atoms with Gasteiger partial charge in [0, 0.05) is 0 Å². The van der Waals surface area contributed by atoms with E-state index in [-0.39, 0.29) is 17.8 Å². The van der Waals surface area contributed by atoms with Crippen molar-refractivity contribution in [3.8, 4) is 0 Å². The number of carboxylic acids is 1. The first kappa shape index (κ1) is 21.0. The lowest BCUT2D eigenvalue weighted by atomic mass is 9.82. The molecule has 0 spiro atoms. The quantitative estimate of drug-likeness (QED) is 0.407. The third-order valence-corrected chi connectivity index (χ3v) is 5.17. The van der Waals surface area contributed by atoms with E-state index in [0.29, 0.717) is 25.7 Å². The number of unbranched alkanes of at least 4 members (excludes halogenated alkanes) is 6. The topological polar surface area (TPSA) is 63.6 Å². The smallest absolute Gasteiger partial charge is 0.309 e. The van der Waals surface area contributed by atoms with Crippen LogP contribution < -0.4 is 0 Å². The molecule has 1 fully saturated rings. The molecule has 140 valence electrons. The van der Waals surface area contributed by atoms with Gasteiger partial charge in [-0.1, -0.05) is 45.4 Å². The van der Waals surface area contributed by atoms with Crippen LogP contribution in [0.4, 0.5) is 0 Å². The zero-order valence-corrected chi connectivity index (χ0v) is 15.8. The third-order valence-electron chi connectivity index (χ3n) is 5.17. The van der Waals surface area contributed by atoms with E-state index >= 15 is 0 Å². The van der Waals surface area contributed by atoms with E-state index in [1.807, 2.05) is 13.8 Å². The van der Waals surface area contributed by atoms with Crippen molar-refractivity contribution in [3.63, 3.8) is 0 Å². The standard InChI is InChI=1S/C20H36O4/c1-4-5-6-7-8-9-10-15-20(2,3)24-19(23)17-13-11-16(12-14-17)18(21)22/h16-17H,4-15H2,1-3H3,(H,21,22). The van der Waals surface area contributed by atoms with Gasteiger partial charge in [-0.15, -0.1) is 0 Å². The maximum absolute atomic E-state index is 12.3. The van der Waals surface area contributed by atoms with Gasteiger partial charge in [0.25, 0.3) is 0 Å². The number of aliphatic carboxylic acids is 1. The van der Waals surface area contributed by atoms with Gasteiger partial charge in [0.05, 0.1) is 11.8 Å². The number of carbonyl (C=O) groups is 2. The maximum atomic E-state index is 12.3. The first-order chi connectivity index (χ1) is 11.4. The van der Waals surface area contributed by atoms with Crippen LogP contribution >= 0.6 is 0 Å². The molecular formula is C20H36O4. The fourth-order valence-electron chi connectivity index (χ4n) is 3.49. The molecule has 0 aromatic carbocycles. The van der Waals surface area contributed by atoms with Crippen molar-refractivity contribution in [1.29, 1.82) is 0 Å². The van der Waals surface area contributed by atoms with Crippen LogP contribution in [-0.4, -0.2) is 22.6 Å². The highest BCUT2D eigenvalue weighted by Crippen LogP contribution is 2.31. The zero-order valence-electron chi connectivity index (χ0n) is 15.8. The van der Waals surface area contributed by atoms with Crippen molar-refractivity contribution >= 4 is 11.9 Å². The average molecular weight is 341 g/mol. The summed E-state index contributed by atoms with van der Waals surface area (Å²) in [6.07, 6.45) is 12.2. The number of hydrogen-bond donors (Lipinski definition) is 1. The molecular weight excluding hydrogens is 304 g/mol. The van der Waals surface area contributed by atoms with Gasteiger partial charge in [0.15, 0.2) is 0 Å². The Hall–Kier alpha value is -1.06. The summed E-state index contributed by atoms with van der Waals surface area (Å²) in [6.45, 7) is 6.21. The van der Waals surface area contributed by atoms with Crippen LogP contribution in [0.3, 0.4) is 0 Å². The Morgan fingerprint density at radius 3 is 1.96 bits per heavy atom.